The predicted molar refractivity (Wildman–Crippen MR) is 137 cm³/mol. The van der Waals surface area contributed by atoms with Crippen LogP contribution in [-0.2, 0) is 22.6 Å². The number of unbranched alkanes of at least 4 members (excludes halogenated alkanes) is 1. The van der Waals surface area contributed by atoms with E-state index >= 15 is 0 Å². The average molecular weight is 498 g/mol. The predicted octanol–water partition coefficient (Wildman–Crippen LogP) is 2.35. The van der Waals surface area contributed by atoms with E-state index in [4.69, 9.17) is 10.5 Å². The SMILES string of the molecule is CCCCN(CCCN)C(=O)CN1C[C@H](c2ccc3c(c2)CCO3)C(C(=O)O)[C@@H]1CCn1cccn1. The van der Waals surface area contributed by atoms with Gasteiger partial charge in [-0.2, -0.15) is 5.10 Å². The molecule has 3 atom stereocenters. The molecule has 9 heteroatoms. The highest BCUT2D eigenvalue weighted by Crippen LogP contribution is 2.41. The zero-order valence-electron chi connectivity index (χ0n) is 21.2. The van der Waals surface area contributed by atoms with Crippen LogP contribution in [0.1, 0.15) is 49.7 Å². The number of ether oxygens (including phenoxy) is 1. The first kappa shape index (κ1) is 26.2. The highest BCUT2D eigenvalue weighted by atomic mass is 16.5. The summed E-state index contributed by atoms with van der Waals surface area (Å²) in [6, 6.07) is 7.65. The number of nitrogens with two attached hydrogens (primary N) is 1. The number of aromatic nitrogens is 2. The van der Waals surface area contributed by atoms with E-state index in [0.29, 0.717) is 45.8 Å². The summed E-state index contributed by atoms with van der Waals surface area (Å²) in [6.45, 7) is 6.00. The second kappa shape index (κ2) is 12.4. The highest BCUT2D eigenvalue weighted by molar-refractivity contribution is 5.79. The first-order valence-electron chi connectivity index (χ1n) is 13.2. The molecule has 196 valence electrons. The van der Waals surface area contributed by atoms with E-state index in [9.17, 15) is 14.7 Å². The molecule has 1 fully saturated rings. The van der Waals surface area contributed by atoms with Gasteiger partial charge in [0.25, 0.3) is 0 Å². The lowest BCUT2D eigenvalue weighted by Crippen LogP contribution is -2.45. The molecule has 0 radical (unpaired) electrons. The molecule has 1 unspecified atom stereocenters. The van der Waals surface area contributed by atoms with Crippen LogP contribution < -0.4 is 10.5 Å². The number of likely N-dealkylation sites (tertiary alicyclic amines) is 1. The van der Waals surface area contributed by atoms with Crippen LogP contribution in [0.2, 0.25) is 0 Å². The number of carboxylic acid groups (broad SMARTS) is 1. The number of hydrogen-bond donors (Lipinski definition) is 2. The lowest BCUT2D eigenvalue weighted by atomic mass is 9.83. The summed E-state index contributed by atoms with van der Waals surface area (Å²) in [5, 5.41) is 14.7. The number of hydrogen-bond acceptors (Lipinski definition) is 6. The average Bonchev–Trinajstić information content (AvgIpc) is 3.62. The fourth-order valence-corrected chi connectivity index (χ4v) is 5.59. The van der Waals surface area contributed by atoms with Crippen LogP contribution in [0.5, 0.6) is 5.75 Å². The Balaban J connectivity index is 1.58. The third-order valence-corrected chi connectivity index (χ3v) is 7.49. The minimum atomic E-state index is -0.817. The maximum atomic E-state index is 13.4. The van der Waals surface area contributed by atoms with Gasteiger partial charge in [-0.3, -0.25) is 19.2 Å². The molecular weight excluding hydrogens is 458 g/mol. The topological polar surface area (TPSA) is 114 Å². The number of aliphatic carboxylic acids is 1. The molecule has 2 aromatic rings. The number of aryl methyl sites for hydroxylation is 1. The van der Waals surface area contributed by atoms with Crippen LogP contribution in [0, 0.1) is 5.92 Å². The third kappa shape index (κ3) is 6.07. The molecule has 0 bridgehead atoms. The smallest absolute Gasteiger partial charge is 0.308 e. The first-order chi connectivity index (χ1) is 17.5. The standard InChI is InChI=1S/C27H39N5O4/c1-2-3-12-30(13-4-10-28)25(33)19-31-18-22(20-6-7-24-21(17-20)9-16-36-24)26(27(34)35)23(31)8-15-32-14-5-11-29-32/h5-7,11,14,17,22-23,26H,2-4,8-10,12-13,15-16,18-19,28H2,1H3,(H,34,35)/t22-,23+,26?/m1/s1. The zero-order chi connectivity index (χ0) is 25.5. The van der Waals surface area contributed by atoms with E-state index in [1.54, 1.807) is 6.20 Å². The van der Waals surface area contributed by atoms with Gasteiger partial charge in [0.1, 0.15) is 5.75 Å². The minimum Gasteiger partial charge on any atom is -0.493 e. The van der Waals surface area contributed by atoms with Gasteiger partial charge >= 0.3 is 5.97 Å². The molecule has 1 amide bonds. The van der Waals surface area contributed by atoms with Crippen LogP contribution in [-0.4, -0.2) is 81.9 Å². The largest absolute Gasteiger partial charge is 0.493 e. The van der Waals surface area contributed by atoms with Crippen molar-refractivity contribution >= 4 is 11.9 Å². The van der Waals surface area contributed by atoms with E-state index in [1.807, 2.05) is 34.0 Å². The zero-order valence-corrected chi connectivity index (χ0v) is 21.2. The summed E-state index contributed by atoms with van der Waals surface area (Å²) in [7, 11) is 0. The number of carbonyl (C=O) groups excluding carboxylic acids is 1. The number of carbonyl (C=O) groups is 2. The van der Waals surface area contributed by atoms with Gasteiger partial charge in [0.05, 0.1) is 19.1 Å². The van der Waals surface area contributed by atoms with Crippen molar-refractivity contribution in [2.24, 2.45) is 11.7 Å². The number of carboxylic acids is 1. The molecule has 0 spiro atoms. The molecule has 2 aliphatic heterocycles. The molecule has 2 aliphatic rings. The number of benzene rings is 1. The Hall–Kier alpha value is -2.91. The summed E-state index contributed by atoms with van der Waals surface area (Å²) in [6.07, 6.45) is 7.76. The van der Waals surface area contributed by atoms with Gasteiger partial charge in [-0.25, -0.2) is 0 Å². The van der Waals surface area contributed by atoms with Crippen molar-refractivity contribution < 1.29 is 19.4 Å². The van der Waals surface area contributed by atoms with E-state index in [1.165, 1.54) is 0 Å². The van der Waals surface area contributed by atoms with Crippen LogP contribution >= 0.6 is 0 Å². The molecule has 36 heavy (non-hydrogen) atoms. The summed E-state index contributed by atoms with van der Waals surface area (Å²) in [5.74, 6) is -0.688. The molecule has 9 nitrogen and oxygen atoms in total. The van der Waals surface area contributed by atoms with Gasteiger partial charge in [-0.05, 0) is 49.1 Å². The van der Waals surface area contributed by atoms with Crippen LogP contribution in [0.3, 0.4) is 0 Å². The van der Waals surface area contributed by atoms with Crippen molar-refractivity contribution in [3.05, 3.63) is 47.8 Å². The molecule has 4 rings (SSSR count). The van der Waals surface area contributed by atoms with Crippen molar-refractivity contribution in [2.45, 2.75) is 57.5 Å². The first-order valence-corrected chi connectivity index (χ1v) is 13.2. The number of fused-ring (bicyclic) bond motifs is 1. The van der Waals surface area contributed by atoms with E-state index in [-0.39, 0.29) is 24.4 Å². The van der Waals surface area contributed by atoms with E-state index in [0.717, 1.165) is 42.6 Å². The normalized spacial score (nSPS) is 21.3. The maximum Gasteiger partial charge on any atom is 0.308 e. The molecule has 3 heterocycles. The van der Waals surface area contributed by atoms with Gasteiger partial charge in [-0.1, -0.05) is 25.5 Å². The van der Waals surface area contributed by atoms with Crippen molar-refractivity contribution in [1.82, 2.24) is 19.6 Å². The quantitative estimate of drug-likeness (QED) is 0.437. The number of amides is 1. The van der Waals surface area contributed by atoms with Gasteiger partial charge in [0.15, 0.2) is 0 Å². The monoisotopic (exact) mass is 497 g/mol. The van der Waals surface area contributed by atoms with Crippen molar-refractivity contribution in [3.8, 4) is 5.75 Å². The fraction of sp³-hybridized carbons (Fsp3) is 0.593. The summed E-state index contributed by atoms with van der Waals surface area (Å²) < 4.78 is 7.49. The van der Waals surface area contributed by atoms with Crippen molar-refractivity contribution in [2.75, 3.05) is 39.3 Å². The molecular formula is C27H39N5O4. The van der Waals surface area contributed by atoms with Crippen LogP contribution in [0.25, 0.3) is 0 Å². The third-order valence-electron chi connectivity index (χ3n) is 7.49. The van der Waals surface area contributed by atoms with E-state index in [2.05, 4.69) is 23.0 Å². The lowest BCUT2D eigenvalue weighted by Gasteiger charge is -2.29. The lowest BCUT2D eigenvalue weighted by molar-refractivity contribution is -0.144. The Morgan fingerprint density at radius 2 is 2.11 bits per heavy atom. The Morgan fingerprint density at radius 3 is 2.83 bits per heavy atom. The summed E-state index contributed by atoms with van der Waals surface area (Å²) in [4.78, 5) is 30.1. The highest BCUT2D eigenvalue weighted by Gasteiger charge is 2.47. The second-order valence-electron chi connectivity index (χ2n) is 9.87. The van der Waals surface area contributed by atoms with E-state index < -0.39 is 11.9 Å². The minimum absolute atomic E-state index is 0.0492. The van der Waals surface area contributed by atoms with Gasteiger partial charge < -0.3 is 20.5 Å². The maximum absolute atomic E-state index is 13.4. The fourth-order valence-electron chi connectivity index (χ4n) is 5.59. The summed E-state index contributed by atoms with van der Waals surface area (Å²) >= 11 is 0. The summed E-state index contributed by atoms with van der Waals surface area (Å²) in [5.41, 5.74) is 7.86. The molecule has 3 N–H and O–H groups in total. The van der Waals surface area contributed by atoms with Gasteiger partial charge in [0, 0.05) is 57.0 Å². The Morgan fingerprint density at radius 1 is 1.28 bits per heavy atom. The molecule has 1 aromatic heterocycles. The van der Waals surface area contributed by atoms with Crippen LogP contribution in [0.4, 0.5) is 0 Å². The van der Waals surface area contributed by atoms with Gasteiger partial charge in [-0.15, -0.1) is 0 Å². The number of nitrogens with zero attached hydrogens (tertiary/aromatic N) is 4. The van der Waals surface area contributed by atoms with Gasteiger partial charge in [0.2, 0.25) is 5.91 Å². The Bertz CT molecular complexity index is 1000. The van der Waals surface area contributed by atoms with Crippen LogP contribution in [0.15, 0.2) is 36.7 Å². The molecule has 1 aromatic carbocycles. The number of rotatable bonds is 13. The second-order valence-corrected chi connectivity index (χ2v) is 9.87. The van der Waals surface area contributed by atoms with Crippen molar-refractivity contribution in [3.63, 3.8) is 0 Å². The molecule has 0 saturated carbocycles. The van der Waals surface area contributed by atoms with Crippen molar-refractivity contribution in [1.29, 1.82) is 0 Å². The Labute approximate surface area is 213 Å². The molecule has 1 saturated heterocycles. The molecule has 0 aliphatic carbocycles. The Kier molecular flexibility index (Phi) is 8.98.